The Hall–Kier alpha value is -3.75. The minimum Gasteiger partial charge on any atom is -0.374 e. The summed E-state index contributed by atoms with van der Waals surface area (Å²) >= 11 is 1.73. The zero-order chi connectivity index (χ0) is 31.9. The number of thioether (sulfide) groups is 1. The van der Waals surface area contributed by atoms with Crippen LogP contribution in [0.15, 0.2) is 152 Å². The molecule has 47 heavy (non-hydrogen) atoms. The highest BCUT2D eigenvalue weighted by Gasteiger charge is 2.48. The average Bonchev–Trinajstić information content (AvgIpc) is 3.14. The van der Waals surface area contributed by atoms with Gasteiger partial charge in [-0.3, -0.25) is 0 Å². The average molecular weight is 647 g/mol. The third kappa shape index (κ3) is 10.1. The maximum absolute atomic E-state index is 6.94. The van der Waals surface area contributed by atoms with E-state index in [1.165, 1.54) is 5.56 Å². The van der Waals surface area contributed by atoms with Crippen molar-refractivity contribution in [3.8, 4) is 0 Å². The molecular formula is C41H42O5S. The van der Waals surface area contributed by atoms with Gasteiger partial charge in [0.15, 0.2) is 0 Å². The van der Waals surface area contributed by atoms with Gasteiger partial charge in [-0.1, -0.05) is 152 Å². The molecule has 1 saturated heterocycles. The third-order valence-corrected chi connectivity index (χ3v) is 9.31. The largest absolute Gasteiger partial charge is 0.374 e. The highest BCUT2D eigenvalue weighted by molar-refractivity contribution is 7.99. The van der Waals surface area contributed by atoms with Crippen LogP contribution in [0, 0.1) is 0 Å². The molecule has 0 spiro atoms. The lowest BCUT2D eigenvalue weighted by Gasteiger charge is -2.46. The molecule has 0 radical (unpaired) electrons. The van der Waals surface area contributed by atoms with E-state index in [1.54, 1.807) is 11.8 Å². The van der Waals surface area contributed by atoms with Gasteiger partial charge >= 0.3 is 0 Å². The second-order valence-corrected chi connectivity index (χ2v) is 12.7. The van der Waals surface area contributed by atoms with Crippen LogP contribution in [0.3, 0.4) is 0 Å². The number of rotatable bonds is 16. The van der Waals surface area contributed by atoms with Crippen LogP contribution in [-0.4, -0.2) is 36.5 Å². The Kier molecular flexibility index (Phi) is 12.7. The van der Waals surface area contributed by atoms with Crippen molar-refractivity contribution in [2.75, 3.05) is 6.61 Å². The summed E-state index contributed by atoms with van der Waals surface area (Å²) in [4.78, 5) is 0. The van der Waals surface area contributed by atoms with E-state index in [-0.39, 0.29) is 11.5 Å². The summed E-state index contributed by atoms with van der Waals surface area (Å²) in [5, 5.41) is 0. The summed E-state index contributed by atoms with van der Waals surface area (Å²) < 4.78 is 33.6. The molecule has 0 aromatic heterocycles. The molecule has 5 aromatic rings. The fraction of sp³-hybridized carbons (Fsp3) is 0.268. The lowest BCUT2D eigenvalue weighted by atomic mass is 9.98. The fourth-order valence-electron chi connectivity index (χ4n) is 5.63. The van der Waals surface area contributed by atoms with Gasteiger partial charge in [0.25, 0.3) is 0 Å². The zero-order valence-corrected chi connectivity index (χ0v) is 27.3. The van der Waals surface area contributed by atoms with Crippen LogP contribution in [0.25, 0.3) is 0 Å². The van der Waals surface area contributed by atoms with E-state index in [0.717, 1.165) is 28.0 Å². The number of ether oxygens (including phenoxy) is 5. The highest BCUT2D eigenvalue weighted by atomic mass is 32.2. The molecule has 1 fully saturated rings. The predicted molar refractivity (Wildman–Crippen MR) is 188 cm³/mol. The standard InChI is InChI=1S/C41H42O5S/c1-6-16-32(17-7-1)26-42-30-37-38(43-27-33-18-8-2-9-19-33)39(44-28-34-20-10-3-11-21-34)40(45-29-35-22-12-4-13-23-35)41(46-37)47-31-36-24-14-5-15-25-36/h1-25,37-41H,26-31H2/t37-,38-,39+,40-,41+/m1/s1. The van der Waals surface area contributed by atoms with E-state index in [9.17, 15) is 0 Å². The van der Waals surface area contributed by atoms with Crippen molar-refractivity contribution >= 4 is 11.8 Å². The molecule has 0 aliphatic carbocycles. The van der Waals surface area contributed by atoms with Gasteiger partial charge in [-0.2, -0.15) is 0 Å². The Labute approximate surface area is 282 Å². The molecule has 1 aliphatic rings. The molecule has 5 nitrogen and oxygen atoms in total. The van der Waals surface area contributed by atoms with Gasteiger partial charge in [0, 0.05) is 5.75 Å². The summed E-state index contributed by atoms with van der Waals surface area (Å²) in [6.07, 6.45) is -1.65. The van der Waals surface area contributed by atoms with Crippen LogP contribution in [-0.2, 0) is 55.9 Å². The Morgan fingerprint density at radius 1 is 0.426 bits per heavy atom. The maximum Gasteiger partial charge on any atom is 0.133 e. The first-order chi connectivity index (χ1) is 23.3. The van der Waals surface area contributed by atoms with E-state index >= 15 is 0 Å². The molecule has 1 heterocycles. The number of benzene rings is 5. The van der Waals surface area contributed by atoms with Crippen LogP contribution in [0.2, 0.25) is 0 Å². The predicted octanol–water partition coefficient (Wildman–Crippen LogP) is 8.62. The van der Waals surface area contributed by atoms with Gasteiger partial charge in [-0.25, -0.2) is 0 Å². The summed E-state index contributed by atoms with van der Waals surface area (Å²) in [7, 11) is 0. The molecule has 6 rings (SSSR count). The Morgan fingerprint density at radius 3 is 1.28 bits per heavy atom. The molecular weight excluding hydrogens is 605 g/mol. The Bertz CT molecular complexity index is 1560. The monoisotopic (exact) mass is 646 g/mol. The van der Waals surface area contributed by atoms with E-state index in [0.29, 0.717) is 33.0 Å². The summed E-state index contributed by atoms with van der Waals surface area (Å²) in [6.45, 7) is 2.12. The van der Waals surface area contributed by atoms with Crippen molar-refractivity contribution < 1.29 is 23.7 Å². The molecule has 1 aliphatic heterocycles. The maximum atomic E-state index is 6.94. The minimum atomic E-state index is -0.441. The summed E-state index contributed by atoms with van der Waals surface area (Å²) in [5.74, 6) is 0.773. The van der Waals surface area contributed by atoms with Crippen molar-refractivity contribution in [1.29, 1.82) is 0 Å². The molecule has 242 valence electrons. The Morgan fingerprint density at radius 2 is 0.809 bits per heavy atom. The fourth-order valence-corrected chi connectivity index (χ4v) is 6.83. The Balaban J connectivity index is 1.29. The van der Waals surface area contributed by atoms with Gasteiger partial charge in [0.2, 0.25) is 0 Å². The summed E-state index contributed by atoms with van der Waals surface area (Å²) in [6, 6.07) is 51.4. The van der Waals surface area contributed by atoms with Crippen LogP contribution >= 0.6 is 11.8 Å². The van der Waals surface area contributed by atoms with Crippen LogP contribution < -0.4 is 0 Å². The smallest absolute Gasteiger partial charge is 0.133 e. The van der Waals surface area contributed by atoms with Gasteiger partial charge in [-0.15, -0.1) is 11.8 Å². The minimum absolute atomic E-state index is 0.318. The summed E-state index contributed by atoms with van der Waals surface area (Å²) in [5.41, 5.74) is 5.29. The lowest BCUT2D eigenvalue weighted by molar-refractivity contribution is -0.254. The highest BCUT2D eigenvalue weighted by Crippen LogP contribution is 2.36. The molecule has 0 amide bonds. The van der Waals surface area contributed by atoms with Crippen LogP contribution in [0.5, 0.6) is 0 Å². The SMILES string of the molecule is c1ccc(COC[C@H]2O[C@@H](SCc3ccccc3)[C@H](OCc3ccccc3)[C@@H](OCc3ccccc3)[C@@H]2OCc2ccccc2)cc1. The normalized spacial score (nSPS) is 21.0. The van der Waals surface area contributed by atoms with Crippen molar-refractivity contribution in [2.24, 2.45) is 0 Å². The topological polar surface area (TPSA) is 46.2 Å². The van der Waals surface area contributed by atoms with E-state index in [1.807, 2.05) is 78.9 Å². The first-order valence-corrected chi connectivity index (χ1v) is 17.3. The first-order valence-electron chi connectivity index (χ1n) is 16.2. The number of hydrogen-bond donors (Lipinski definition) is 0. The zero-order valence-electron chi connectivity index (χ0n) is 26.5. The van der Waals surface area contributed by atoms with E-state index in [4.69, 9.17) is 23.7 Å². The van der Waals surface area contributed by atoms with Gasteiger partial charge in [0.05, 0.1) is 33.0 Å². The second kappa shape index (κ2) is 18.0. The van der Waals surface area contributed by atoms with Crippen LogP contribution in [0.4, 0.5) is 0 Å². The number of hydrogen-bond acceptors (Lipinski definition) is 6. The second-order valence-electron chi connectivity index (χ2n) is 11.6. The van der Waals surface area contributed by atoms with Gasteiger partial charge < -0.3 is 23.7 Å². The lowest BCUT2D eigenvalue weighted by Crippen LogP contribution is -2.60. The molecule has 5 atom stereocenters. The van der Waals surface area contributed by atoms with Crippen molar-refractivity contribution in [2.45, 2.75) is 62.0 Å². The molecule has 0 saturated carbocycles. The van der Waals surface area contributed by atoms with Gasteiger partial charge in [-0.05, 0) is 27.8 Å². The van der Waals surface area contributed by atoms with E-state index in [2.05, 4.69) is 72.8 Å². The first kappa shape index (κ1) is 33.2. The molecule has 0 bridgehead atoms. The molecule has 0 N–H and O–H groups in total. The third-order valence-electron chi connectivity index (χ3n) is 8.10. The molecule has 0 unspecified atom stereocenters. The van der Waals surface area contributed by atoms with E-state index < -0.39 is 18.3 Å². The molecule has 5 aromatic carbocycles. The van der Waals surface area contributed by atoms with Crippen molar-refractivity contribution in [3.63, 3.8) is 0 Å². The quantitative estimate of drug-likeness (QED) is 0.107. The van der Waals surface area contributed by atoms with Crippen LogP contribution in [0.1, 0.15) is 27.8 Å². The van der Waals surface area contributed by atoms with Crippen molar-refractivity contribution in [3.05, 3.63) is 179 Å². The molecule has 6 heteroatoms. The van der Waals surface area contributed by atoms with Crippen molar-refractivity contribution in [1.82, 2.24) is 0 Å². The van der Waals surface area contributed by atoms with Gasteiger partial charge in [0.1, 0.15) is 29.9 Å².